The molecule has 3 heterocycles. The second kappa shape index (κ2) is 5.66. The first-order valence-corrected chi connectivity index (χ1v) is 7.99. The molecule has 3 aromatic rings. The number of fused-ring (bicyclic) bond motifs is 1. The van der Waals surface area contributed by atoms with Gasteiger partial charge in [0.25, 0.3) is 0 Å². The highest BCUT2D eigenvalue weighted by Crippen LogP contribution is 2.27. The number of aromatic nitrogens is 3. The van der Waals surface area contributed by atoms with Crippen molar-refractivity contribution in [2.75, 3.05) is 20.1 Å². The lowest BCUT2D eigenvalue weighted by Crippen LogP contribution is -2.18. The Morgan fingerprint density at radius 3 is 2.78 bits per heavy atom. The van der Waals surface area contributed by atoms with E-state index in [0.29, 0.717) is 11.8 Å². The minimum Gasteiger partial charge on any atom is -0.508 e. The normalized spacial score (nSPS) is 18.7. The van der Waals surface area contributed by atoms with Crippen molar-refractivity contribution in [3.8, 4) is 5.75 Å². The Labute approximate surface area is 135 Å². The number of imidazole rings is 1. The molecule has 1 aliphatic rings. The first-order valence-electron chi connectivity index (χ1n) is 7.99. The molecule has 23 heavy (non-hydrogen) atoms. The van der Waals surface area contributed by atoms with Crippen LogP contribution in [0.4, 0.5) is 0 Å². The summed E-state index contributed by atoms with van der Waals surface area (Å²) in [5.41, 5.74) is 3.07. The molecule has 0 radical (unpaired) electrons. The first-order chi connectivity index (χ1) is 11.2. The Bertz CT molecular complexity index is 825. The highest BCUT2D eigenvalue weighted by Gasteiger charge is 2.25. The SMILES string of the molecule is CN1CCC(n2c(Cc3ccc(O)cc3)nc3cccnc32)C1. The maximum Gasteiger partial charge on any atom is 0.160 e. The fourth-order valence-corrected chi connectivity index (χ4v) is 3.40. The third-order valence-electron chi connectivity index (χ3n) is 4.55. The summed E-state index contributed by atoms with van der Waals surface area (Å²) in [6.45, 7) is 2.14. The highest BCUT2D eigenvalue weighted by molar-refractivity contribution is 5.71. The zero-order valence-corrected chi connectivity index (χ0v) is 13.2. The second-order valence-electron chi connectivity index (χ2n) is 6.29. The van der Waals surface area contributed by atoms with Gasteiger partial charge in [-0.25, -0.2) is 9.97 Å². The summed E-state index contributed by atoms with van der Waals surface area (Å²) in [6, 6.07) is 11.7. The largest absolute Gasteiger partial charge is 0.508 e. The van der Waals surface area contributed by atoms with Crippen molar-refractivity contribution in [1.29, 1.82) is 0 Å². The van der Waals surface area contributed by atoms with Crippen LogP contribution in [0.1, 0.15) is 23.9 Å². The van der Waals surface area contributed by atoms with Crippen molar-refractivity contribution in [2.45, 2.75) is 18.9 Å². The predicted molar refractivity (Wildman–Crippen MR) is 89.6 cm³/mol. The van der Waals surface area contributed by atoms with Gasteiger partial charge in [0, 0.05) is 19.2 Å². The molecule has 2 aromatic heterocycles. The fraction of sp³-hybridized carbons (Fsp3) is 0.333. The van der Waals surface area contributed by atoms with Gasteiger partial charge in [-0.1, -0.05) is 12.1 Å². The number of likely N-dealkylation sites (N-methyl/N-ethyl adjacent to an activating group) is 1. The molecule has 0 spiro atoms. The van der Waals surface area contributed by atoms with E-state index in [0.717, 1.165) is 48.5 Å². The van der Waals surface area contributed by atoms with Crippen LogP contribution in [0.15, 0.2) is 42.6 Å². The molecule has 1 aliphatic heterocycles. The Hall–Kier alpha value is -2.40. The van der Waals surface area contributed by atoms with Crippen LogP contribution in [0.25, 0.3) is 11.2 Å². The van der Waals surface area contributed by atoms with Gasteiger partial charge in [0.2, 0.25) is 0 Å². The number of phenols is 1. The second-order valence-corrected chi connectivity index (χ2v) is 6.29. The Balaban J connectivity index is 1.77. The predicted octanol–water partition coefficient (Wildman–Crippen LogP) is 2.60. The molecule has 0 amide bonds. The summed E-state index contributed by atoms with van der Waals surface area (Å²) in [5.74, 6) is 1.34. The monoisotopic (exact) mass is 308 g/mol. The maximum absolute atomic E-state index is 9.46. The molecule has 5 heteroatoms. The van der Waals surface area contributed by atoms with E-state index in [9.17, 15) is 5.11 Å². The van der Waals surface area contributed by atoms with Gasteiger partial charge in [0.05, 0.1) is 6.04 Å². The molecular formula is C18H20N4O. The molecule has 1 atom stereocenters. The number of rotatable bonds is 3. The van der Waals surface area contributed by atoms with Gasteiger partial charge in [-0.15, -0.1) is 0 Å². The number of hydrogen-bond acceptors (Lipinski definition) is 4. The van der Waals surface area contributed by atoms with Gasteiger partial charge < -0.3 is 14.6 Å². The van der Waals surface area contributed by atoms with Crippen LogP contribution >= 0.6 is 0 Å². The number of aromatic hydroxyl groups is 1. The van der Waals surface area contributed by atoms with Crippen molar-refractivity contribution in [3.05, 3.63) is 54.0 Å². The van der Waals surface area contributed by atoms with Crippen LogP contribution in [0.3, 0.4) is 0 Å². The molecular weight excluding hydrogens is 288 g/mol. The van der Waals surface area contributed by atoms with E-state index in [1.54, 1.807) is 12.1 Å². The molecule has 118 valence electrons. The molecule has 1 fully saturated rings. The zero-order chi connectivity index (χ0) is 15.8. The number of nitrogens with zero attached hydrogens (tertiary/aromatic N) is 4. The van der Waals surface area contributed by atoms with Crippen molar-refractivity contribution in [3.63, 3.8) is 0 Å². The van der Waals surface area contributed by atoms with Gasteiger partial charge in [0.15, 0.2) is 5.65 Å². The molecule has 1 unspecified atom stereocenters. The Kier molecular flexibility index (Phi) is 3.50. The average molecular weight is 308 g/mol. The smallest absolute Gasteiger partial charge is 0.160 e. The average Bonchev–Trinajstić information content (AvgIpc) is 3.12. The minimum absolute atomic E-state index is 0.293. The molecule has 4 rings (SSSR count). The maximum atomic E-state index is 9.46. The summed E-state index contributed by atoms with van der Waals surface area (Å²) >= 11 is 0. The molecule has 1 aromatic carbocycles. The van der Waals surface area contributed by atoms with Crippen LogP contribution in [-0.4, -0.2) is 44.7 Å². The van der Waals surface area contributed by atoms with Crippen LogP contribution in [-0.2, 0) is 6.42 Å². The number of likely N-dealkylation sites (tertiary alicyclic amines) is 1. The van der Waals surface area contributed by atoms with Gasteiger partial charge in [-0.05, 0) is 49.8 Å². The quantitative estimate of drug-likeness (QED) is 0.808. The summed E-state index contributed by atoms with van der Waals surface area (Å²) in [5, 5.41) is 9.46. The van der Waals surface area contributed by atoms with Crippen LogP contribution in [0.2, 0.25) is 0 Å². The lowest BCUT2D eigenvalue weighted by atomic mass is 10.1. The topological polar surface area (TPSA) is 54.2 Å². The van der Waals surface area contributed by atoms with E-state index >= 15 is 0 Å². The van der Waals surface area contributed by atoms with E-state index in [4.69, 9.17) is 4.98 Å². The summed E-state index contributed by atoms with van der Waals surface area (Å²) < 4.78 is 2.31. The molecule has 1 saturated heterocycles. The minimum atomic E-state index is 0.293. The third-order valence-corrected chi connectivity index (χ3v) is 4.55. The van der Waals surface area contributed by atoms with Crippen LogP contribution in [0.5, 0.6) is 5.75 Å². The van der Waals surface area contributed by atoms with Gasteiger partial charge in [-0.3, -0.25) is 0 Å². The van der Waals surface area contributed by atoms with Crippen LogP contribution < -0.4 is 0 Å². The number of benzene rings is 1. The molecule has 1 N–H and O–H groups in total. The molecule has 5 nitrogen and oxygen atoms in total. The fourth-order valence-electron chi connectivity index (χ4n) is 3.40. The van der Waals surface area contributed by atoms with Crippen molar-refractivity contribution in [1.82, 2.24) is 19.4 Å². The Morgan fingerprint density at radius 1 is 1.22 bits per heavy atom. The Morgan fingerprint density at radius 2 is 2.04 bits per heavy atom. The van der Waals surface area contributed by atoms with Crippen molar-refractivity contribution < 1.29 is 5.11 Å². The third kappa shape index (κ3) is 2.68. The van der Waals surface area contributed by atoms with E-state index in [1.807, 2.05) is 30.5 Å². The summed E-state index contributed by atoms with van der Waals surface area (Å²) in [7, 11) is 2.16. The number of hydrogen-bond donors (Lipinski definition) is 1. The van der Waals surface area contributed by atoms with E-state index in [-0.39, 0.29) is 0 Å². The van der Waals surface area contributed by atoms with Gasteiger partial charge in [-0.2, -0.15) is 0 Å². The van der Waals surface area contributed by atoms with Crippen LogP contribution in [0, 0.1) is 0 Å². The van der Waals surface area contributed by atoms with Gasteiger partial charge >= 0.3 is 0 Å². The molecule has 0 bridgehead atoms. The number of pyridine rings is 1. The van der Waals surface area contributed by atoms with Crippen molar-refractivity contribution in [2.24, 2.45) is 0 Å². The highest BCUT2D eigenvalue weighted by atomic mass is 16.3. The number of phenolic OH excluding ortho intramolecular Hbond substituents is 1. The summed E-state index contributed by atoms with van der Waals surface area (Å²) in [6.07, 6.45) is 3.71. The first kappa shape index (κ1) is 14.2. The van der Waals surface area contributed by atoms with Gasteiger partial charge in [0.1, 0.15) is 17.1 Å². The summed E-state index contributed by atoms with van der Waals surface area (Å²) in [4.78, 5) is 11.7. The lowest BCUT2D eigenvalue weighted by Gasteiger charge is -2.16. The van der Waals surface area contributed by atoms with E-state index in [1.165, 1.54) is 0 Å². The zero-order valence-electron chi connectivity index (χ0n) is 13.2. The lowest BCUT2D eigenvalue weighted by molar-refractivity contribution is 0.392. The van der Waals surface area contributed by atoms with Crippen molar-refractivity contribution >= 4 is 11.2 Å². The standard InChI is InChI=1S/C18H20N4O/c1-21-10-8-14(12-21)22-17(11-13-4-6-15(23)7-5-13)20-16-3-2-9-19-18(16)22/h2-7,9,14,23H,8,10-12H2,1H3. The van der Waals surface area contributed by atoms with E-state index in [2.05, 4.69) is 21.5 Å². The van der Waals surface area contributed by atoms with E-state index < -0.39 is 0 Å². The molecule has 0 saturated carbocycles. The molecule has 0 aliphatic carbocycles.